The predicted octanol–water partition coefficient (Wildman–Crippen LogP) is 3.59. The lowest BCUT2D eigenvalue weighted by molar-refractivity contribution is -0.119. The maximum absolute atomic E-state index is 12.0. The van der Waals surface area contributed by atoms with Crippen molar-refractivity contribution in [1.29, 1.82) is 0 Å². The topological polar surface area (TPSA) is 104 Å². The molecule has 0 unspecified atom stereocenters. The summed E-state index contributed by atoms with van der Waals surface area (Å²) in [6.07, 6.45) is 0. The first-order valence-corrected chi connectivity index (χ1v) is 9.44. The van der Waals surface area contributed by atoms with Crippen LogP contribution in [0.3, 0.4) is 0 Å². The smallest absolute Gasteiger partial charge is 0.338 e. The highest BCUT2D eigenvalue weighted by molar-refractivity contribution is 7.14. The third-order valence-corrected chi connectivity index (χ3v) is 4.43. The number of anilines is 2. The summed E-state index contributed by atoms with van der Waals surface area (Å²) >= 11 is 1.29. The molecule has 28 heavy (non-hydrogen) atoms. The van der Waals surface area contributed by atoms with E-state index in [1.165, 1.54) is 17.4 Å². The molecule has 8 heteroatoms. The van der Waals surface area contributed by atoms with Crippen molar-refractivity contribution in [2.45, 2.75) is 6.92 Å². The van der Waals surface area contributed by atoms with Crippen molar-refractivity contribution >= 4 is 34.0 Å². The minimum absolute atomic E-state index is 0.292. The van der Waals surface area contributed by atoms with Crippen LogP contribution in [-0.4, -0.2) is 30.1 Å². The first-order valence-electron chi connectivity index (χ1n) is 8.56. The fourth-order valence-electron chi connectivity index (χ4n) is 2.39. The molecule has 0 atom stereocenters. The van der Waals surface area contributed by atoms with Crippen LogP contribution >= 0.6 is 11.3 Å². The molecule has 3 aromatic rings. The molecule has 0 spiro atoms. The Morgan fingerprint density at radius 2 is 1.96 bits per heavy atom. The first-order chi connectivity index (χ1) is 13.5. The average Bonchev–Trinajstić information content (AvgIpc) is 3.15. The average molecular weight is 397 g/mol. The quantitative estimate of drug-likeness (QED) is 0.466. The van der Waals surface area contributed by atoms with Gasteiger partial charge in [0.15, 0.2) is 11.7 Å². The molecule has 0 bridgehead atoms. The Bertz CT molecular complexity index is 970. The van der Waals surface area contributed by atoms with Gasteiger partial charge >= 0.3 is 5.97 Å². The summed E-state index contributed by atoms with van der Waals surface area (Å²) in [5.74, 6) is -0.293. The second kappa shape index (κ2) is 9.01. The van der Waals surface area contributed by atoms with Gasteiger partial charge in [-0.15, -0.1) is 11.3 Å². The number of aromatic nitrogens is 1. The number of ether oxygens (including phenoxy) is 2. The van der Waals surface area contributed by atoms with Crippen molar-refractivity contribution in [3.63, 3.8) is 0 Å². The maximum Gasteiger partial charge on any atom is 0.338 e. The number of nitrogens with two attached hydrogens (primary N) is 1. The zero-order chi connectivity index (χ0) is 19.9. The Labute approximate surface area is 166 Å². The van der Waals surface area contributed by atoms with Gasteiger partial charge in [-0.1, -0.05) is 6.07 Å². The second-order valence-corrected chi connectivity index (χ2v) is 6.60. The summed E-state index contributed by atoms with van der Waals surface area (Å²) in [6.45, 7) is 2.12. The SMILES string of the molecule is CCOc1ccc(-c2csc(NC(=O)COC(=O)c3cccc(N)c3)n2)cc1. The van der Waals surface area contributed by atoms with Crippen LogP contribution in [0.4, 0.5) is 10.8 Å². The fourth-order valence-corrected chi connectivity index (χ4v) is 3.12. The van der Waals surface area contributed by atoms with Gasteiger partial charge in [0.2, 0.25) is 0 Å². The number of benzene rings is 2. The third-order valence-electron chi connectivity index (χ3n) is 3.67. The summed E-state index contributed by atoms with van der Waals surface area (Å²) in [4.78, 5) is 28.3. The molecule has 3 rings (SSSR count). The number of hydrogen-bond acceptors (Lipinski definition) is 7. The third kappa shape index (κ3) is 5.08. The summed E-state index contributed by atoms with van der Waals surface area (Å²) in [5.41, 5.74) is 8.01. The van der Waals surface area contributed by atoms with Crippen molar-refractivity contribution in [2.24, 2.45) is 0 Å². The molecular weight excluding hydrogens is 378 g/mol. The van der Waals surface area contributed by atoms with Crippen molar-refractivity contribution in [2.75, 3.05) is 24.3 Å². The van der Waals surface area contributed by atoms with Gasteiger partial charge in [-0.05, 0) is 49.4 Å². The zero-order valence-electron chi connectivity index (χ0n) is 15.2. The molecule has 0 aliphatic carbocycles. The minimum Gasteiger partial charge on any atom is -0.494 e. The monoisotopic (exact) mass is 397 g/mol. The van der Waals surface area contributed by atoms with E-state index in [0.717, 1.165) is 17.0 Å². The molecule has 2 aromatic carbocycles. The molecule has 1 heterocycles. The molecule has 0 fully saturated rings. The molecule has 0 aliphatic rings. The number of hydrogen-bond donors (Lipinski definition) is 2. The van der Waals surface area contributed by atoms with Gasteiger partial charge in [-0.3, -0.25) is 10.1 Å². The molecule has 0 saturated carbocycles. The van der Waals surface area contributed by atoms with E-state index < -0.39 is 18.5 Å². The Kier molecular flexibility index (Phi) is 6.23. The fraction of sp³-hybridized carbons (Fsp3) is 0.150. The van der Waals surface area contributed by atoms with Crippen LogP contribution in [0.25, 0.3) is 11.3 Å². The van der Waals surface area contributed by atoms with E-state index in [9.17, 15) is 9.59 Å². The van der Waals surface area contributed by atoms with Gasteiger partial charge in [-0.25, -0.2) is 9.78 Å². The number of carbonyl (C=O) groups is 2. The highest BCUT2D eigenvalue weighted by atomic mass is 32.1. The summed E-state index contributed by atoms with van der Waals surface area (Å²) in [5, 5.41) is 4.89. The lowest BCUT2D eigenvalue weighted by Crippen LogP contribution is -2.20. The Balaban J connectivity index is 1.54. The van der Waals surface area contributed by atoms with Gasteiger partial charge in [-0.2, -0.15) is 0 Å². The van der Waals surface area contributed by atoms with Crippen LogP contribution < -0.4 is 15.8 Å². The first kappa shape index (κ1) is 19.4. The van der Waals surface area contributed by atoms with Crippen molar-refractivity contribution in [1.82, 2.24) is 4.98 Å². The van der Waals surface area contributed by atoms with Crippen LogP contribution in [0, 0.1) is 0 Å². The lowest BCUT2D eigenvalue weighted by atomic mass is 10.2. The number of thiazole rings is 1. The summed E-state index contributed by atoms with van der Waals surface area (Å²) in [6, 6.07) is 13.9. The number of esters is 1. The normalized spacial score (nSPS) is 10.3. The zero-order valence-corrected chi connectivity index (χ0v) is 16.0. The molecule has 1 aromatic heterocycles. The molecule has 7 nitrogen and oxygen atoms in total. The highest BCUT2D eigenvalue weighted by Gasteiger charge is 2.12. The molecule has 0 saturated heterocycles. The van der Waals surface area contributed by atoms with Crippen LogP contribution in [0.2, 0.25) is 0 Å². The van der Waals surface area contributed by atoms with Crippen molar-refractivity contribution in [3.05, 3.63) is 59.5 Å². The molecule has 1 amide bonds. The molecule has 0 radical (unpaired) electrons. The highest BCUT2D eigenvalue weighted by Crippen LogP contribution is 2.26. The Morgan fingerprint density at radius 1 is 1.18 bits per heavy atom. The summed E-state index contributed by atoms with van der Waals surface area (Å²) in [7, 11) is 0. The van der Waals surface area contributed by atoms with Crippen LogP contribution in [0.15, 0.2) is 53.9 Å². The maximum atomic E-state index is 12.0. The van der Waals surface area contributed by atoms with Gasteiger partial charge < -0.3 is 15.2 Å². The van der Waals surface area contributed by atoms with E-state index >= 15 is 0 Å². The van der Waals surface area contributed by atoms with Crippen LogP contribution in [0.5, 0.6) is 5.75 Å². The number of nitrogen functional groups attached to an aromatic ring is 1. The van der Waals surface area contributed by atoms with Gasteiger partial charge in [0.05, 0.1) is 17.9 Å². The number of nitrogens with zero attached hydrogens (tertiary/aromatic N) is 1. The van der Waals surface area contributed by atoms with E-state index in [0.29, 0.717) is 23.0 Å². The van der Waals surface area contributed by atoms with Crippen molar-refractivity contribution in [3.8, 4) is 17.0 Å². The van der Waals surface area contributed by atoms with E-state index in [4.69, 9.17) is 15.2 Å². The standard InChI is InChI=1S/C20H19N3O4S/c1-2-26-16-8-6-13(7-9-16)17-12-28-20(22-17)23-18(24)11-27-19(25)14-4-3-5-15(21)10-14/h3-10,12H,2,11,21H2,1H3,(H,22,23,24). The second-order valence-electron chi connectivity index (χ2n) is 5.75. The molecule has 3 N–H and O–H groups in total. The molecule has 0 aliphatic heterocycles. The number of rotatable bonds is 7. The van der Waals surface area contributed by atoms with E-state index in [1.54, 1.807) is 18.2 Å². The number of nitrogens with one attached hydrogen (secondary N) is 1. The van der Waals surface area contributed by atoms with Crippen molar-refractivity contribution < 1.29 is 19.1 Å². The molecular formula is C20H19N3O4S. The Morgan fingerprint density at radius 3 is 2.68 bits per heavy atom. The van der Waals surface area contributed by atoms with Gasteiger partial charge in [0, 0.05) is 16.6 Å². The number of amides is 1. The van der Waals surface area contributed by atoms with E-state index in [1.807, 2.05) is 36.6 Å². The summed E-state index contributed by atoms with van der Waals surface area (Å²) < 4.78 is 10.4. The van der Waals surface area contributed by atoms with Crippen LogP contribution in [-0.2, 0) is 9.53 Å². The molecule has 144 valence electrons. The Hall–Kier alpha value is -3.39. The largest absolute Gasteiger partial charge is 0.494 e. The van der Waals surface area contributed by atoms with Gasteiger partial charge in [0.1, 0.15) is 5.75 Å². The lowest BCUT2D eigenvalue weighted by Gasteiger charge is -2.05. The predicted molar refractivity (Wildman–Crippen MR) is 108 cm³/mol. The van der Waals surface area contributed by atoms with Crippen LogP contribution in [0.1, 0.15) is 17.3 Å². The number of carbonyl (C=O) groups excluding carboxylic acids is 2. The minimum atomic E-state index is -0.614. The van der Waals surface area contributed by atoms with Gasteiger partial charge in [0.25, 0.3) is 5.91 Å². The van der Waals surface area contributed by atoms with E-state index in [2.05, 4.69) is 10.3 Å². The van der Waals surface area contributed by atoms with E-state index in [-0.39, 0.29) is 0 Å².